The summed E-state index contributed by atoms with van der Waals surface area (Å²) in [7, 11) is 1.51. The minimum Gasteiger partial charge on any atom is -0.493 e. The van der Waals surface area contributed by atoms with E-state index in [1.165, 1.54) is 13.2 Å². The number of non-ortho nitro benzene ring substituents is 1. The fourth-order valence-electron chi connectivity index (χ4n) is 3.04. The van der Waals surface area contributed by atoms with E-state index < -0.39 is 4.92 Å². The van der Waals surface area contributed by atoms with Crippen molar-refractivity contribution < 1.29 is 14.4 Å². The molecule has 0 saturated carbocycles. The molecule has 0 saturated heterocycles. The number of nitro benzene ring substituents is 1. The summed E-state index contributed by atoms with van der Waals surface area (Å²) in [6, 6.07) is 3.46. The fourth-order valence-corrected chi connectivity index (χ4v) is 3.04. The first-order valence-electron chi connectivity index (χ1n) is 9.56. The lowest BCUT2D eigenvalue weighted by molar-refractivity contribution is -0.383. The third-order valence-electron chi connectivity index (χ3n) is 4.62. The Hall–Kier alpha value is -2.37. The Kier molecular flexibility index (Phi) is 6.63. The molecular weight excluding hydrogens is 344 g/mol. The highest BCUT2D eigenvalue weighted by molar-refractivity contribution is 5.97. The van der Waals surface area contributed by atoms with Crippen molar-refractivity contribution in [2.45, 2.75) is 65.7 Å². The van der Waals surface area contributed by atoms with Crippen LogP contribution < -0.4 is 9.47 Å². The van der Waals surface area contributed by atoms with E-state index in [2.05, 4.69) is 32.7 Å². The monoisotopic (exact) mass is 374 g/mol. The van der Waals surface area contributed by atoms with Gasteiger partial charge in [-0.25, -0.2) is 4.98 Å². The van der Waals surface area contributed by atoms with Gasteiger partial charge >= 0.3 is 0 Å². The number of nitrogens with zero attached hydrogens (tertiary/aromatic N) is 2. The maximum Gasteiger partial charge on any atom is 0.299 e. The van der Waals surface area contributed by atoms with Crippen molar-refractivity contribution in [1.29, 1.82) is 0 Å². The number of nitro groups is 1. The zero-order valence-electron chi connectivity index (χ0n) is 17.2. The van der Waals surface area contributed by atoms with Crippen molar-refractivity contribution in [3.05, 3.63) is 33.5 Å². The molecule has 0 N–H and O–H groups in total. The molecule has 27 heavy (non-hydrogen) atoms. The largest absolute Gasteiger partial charge is 0.493 e. The van der Waals surface area contributed by atoms with E-state index in [4.69, 9.17) is 9.47 Å². The Bertz CT molecular complexity index is 825. The minimum absolute atomic E-state index is 0.0523. The summed E-state index contributed by atoms with van der Waals surface area (Å²) in [5.41, 5.74) is 1.92. The molecule has 148 valence electrons. The molecule has 0 radical (unpaired) electrons. The molecule has 0 aliphatic rings. The van der Waals surface area contributed by atoms with Gasteiger partial charge < -0.3 is 9.47 Å². The molecule has 1 aromatic heterocycles. The Balaban J connectivity index is 2.79. The molecule has 0 aliphatic carbocycles. The Morgan fingerprint density at radius 3 is 2.41 bits per heavy atom. The predicted molar refractivity (Wildman–Crippen MR) is 108 cm³/mol. The summed E-state index contributed by atoms with van der Waals surface area (Å²) in [5.74, 6) is 0.935. The maximum atomic E-state index is 11.7. The van der Waals surface area contributed by atoms with Crippen LogP contribution in [-0.2, 0) is 11.8 Å². The Morgan fingerprint density at radius 1 is 1.19 bits per heavy atom. The second-order valence-corrected chi connectivity index (χ2v) is 7.73. The van der Waals surface area contributed by atoms with Crippen molar-refractivity contribution >= 4 is 16.6 Å². The van der Waals surface area contributed by atoms with Gasteiger partial charge in [0.1, 0.15) is 0 Å². The number of rotatable bonds is 8. The number of pyridine rings is 1. The number of unbranched alkanes of at least 4 members (excludes halogenated alkanes) is 2. The van der Waals surface area contributed by atoms with Crippen LogP contribution in [0.1, 0.15) is 65.1 Å². The normalized spacial score (nSPS) is 11.6. The first kappa shape index (κ1) is 20.9. The third-order valence-corrected chi connectivity index (χ3v) is 4.62. The SMILES string of the molecule is CCCCCOc1c(OC)cc([N+](=O)[O-])c2nc(C(C)(C)C)cc(CC)c12. The highest BCUT2D eigenvalue weighted by Crippen LogP contribution is 2.43. The topological polar surface area (TPSA) is 74.5 Å². The molecule has 0 atom stereocenters. The van der Waals surface area contributed by atoms with E-state index in [-0.39, 0.29) is 11.1 Å². The van der Waals surface area contributed by atoms with Gasteiger partial charge in [-0.05, 0) is 24.5 Å². The summed E-state index contributed by atoms with van der Waals surface area (Å²) in [5, 5.41) is 12.4. The van der Waals surface area contributed by atoms with E-state index in [0.29, 0.717) is 29.0 Å². The van der Waals surface area contributed by atoms with Crippen molar-refractivity contribution in [3.8, 4) is 11.5 Å². The van der Waals surface area contributed by atoms with Crippen molar-refractivity contribution in [2.24, 2.45) is 0 Å². The molecule has 2 aromatic rings. The molecule has 0 aliphatic heterocycles. The van der Waals surface area contributed by atoms with E-state index in [1.54, 1.807) is 0 Å². The molecule has 0 amide bonds. The van der Waals surface area contributed by atoms with Gasteiger partial charge in [0, 0.05) is 11.1 Å². The Labute approximate surface area is 161 Å². The number of benzene rings is 1. The molecule has 0 bridgehead atoms. The van der Waals surface area contributed by atoms with Crippen LogP contribution in [0.15, 0.2) is 12.1 Å². The van der Waals surface area contributed by atoms with Crippen LogP contribution in [0.25, 0.3) is 10.9 Å². The van der Waals surface area contributed by atoms with Crippen LogP contribution in [0.2, 0.25) is 0 Å². The maximum absolute atomic E-state index is 11.7. The summed E-state index contributed by atoms with van der Waals surface area (Å²) in [4.78, 5) is 16.0. The number of fused-ring (bicyclic) bond motifs is 1. The zero-order valence-corrected chi connectivity index (χ0v) is 17.2. The van der Waals surface area contributed by atoms with E-state index in [9.17, 15) is 10.1 Å². The molecular formula is C21H30N2O4. The molecule has 0 fully saturated rings. The van der Waals surface area contributed by atoms with Crippen LogP contribution in [-0.4, -0.2) is 23.6 Å². The molecule has 0 spiro atoms. The molecule has 1 aromatic carbocycles. The molecule has 6 nitrogen and oxygen atoms in total. The third kappa shape index (κ3) is 4.49. The van der Waals surface area contributed by atoms with E-state index in [1.807, 2.05) is 13.0 Å². The number of aryl methyl sites for hydroxylation is 1. The number of aromatic nitrogens is 1. The summed E-state index contributed by atoms with van der Waals surface area (Å²) < 4.78 is 11.5. The van der Waals surface area contributed by atoms with Crippen molar-refractivity contribution in [2.75, 3.05) is 13.7 Å². The van der Waals surface area contributed by atoms with Gasteiger partial charge in [0.05, 0.1) is 30.1 Å². The summed E-state index contributed by atoms with van der Waals surface area (Å²) >= 11 is 0. The van der Waals surface area contributed by atoms with Gasteiger partial charge in [-0.3, -0.25) is 10.1 Å². The summed E-state index contributed by atoms with van der Waals surface area (Å²) in [6.45, 7) is 10.9. The van der Waals surface area contributed by atoms with Gasteiger partial charge in [-0.15, -0.1) is 0 Å². The highest BCUT2D eigenvalue weighted by Gasteiger charge is 2.27. The fraction of sp³-hybridized carbons (Fsp3) is 0.571. The highest BCUT2D eigenvalue weighted by atomic mass is 16.6. The van der Waals surface area contributed by atoms with Gasteiger partial charge in [0.2, 0.25) is 0 Å². The van der Waals surface area contributed by atoms with Crippen molar-refractivity contribution in [3.63, 3.8) is 0 Å². The van der Waals surface area contributed by atoms with Gasteiger partial charge in [0.15, 0.2) is 17.0 Å². The van der Waals surface area contributed by atoms with Crippen LogP contribution in [0.5, 0.6) is 11.5 Å². The molecule has 6 heteroatoms. The summed E-state index contributed by atoms with van der Waals surface area (Å²) in [6.07, 6.45) is 3.81. The number of hydrogen-bond donors (Lipinski definition) is 0. The van der Waals surface area contributed by atoms with Crippen molar-refractivity contribution in [1.82, 2.24) is 4.98 Å². The molecule has 1 heterocycles. The van der Waals surface area contributed by atoms with E-state index in [0.717, 1.165) is 36.9 Å². The standard InChI is InChI=1S/C21H30N2O4/c1-7-9-10-11-27-20-16(26-6)13-15(23(24)25)19-18(20)14(8-2)12-17(22-19)21(3,4)5/h12-13H,7-11H2,1-6H3. The number of methoxy groups -OCH3 is 1. The second kappa shape index (κ2) is 8.55. The lowest BCUT2D eigenvalue weighted by atomic mass is 9.89. The lowest BCUT2D eigenvalue weighted by Crippen LogP contribution is -2.15. The smallest absolute Gasteiger partial charge is 0.299 e. The first-order valence-corrected chi connectivity index (χ1v) is 9.56. The van der Waals surface area contributed by atoms with Crippen LogP contribution in [0.4, 0.5) is 5.69 Å². The minimum atomic E-state index is -0.398. The number of hydrogen-bond acceptors (Lipinski definition) is 5. The van der Waals surface area contributed by atoms with Gasteiger partial charge in [-0.2, -0.15) is 0 Å². The predicted octanol–water partition coefficient (Wildman–Crippen LogP) is 5.58. The average Bonchev–Trinajstić information content (AvgIpc) is 2.62. The van der Waals surface area contributed by atoms with E-state index >= 15 is 0 Å². The lowest BCUT2D eigenvalue weighted by Gasteiger charge is -2.21. The van der Waals surface area contributed by atoms with Gasteiger partial charge in [-0.1, -0.05) is 47.5 Å². The average molecular weight is 374 g/mol. The quantitative estimate of drug-likeness (QED) is 0.342. The second-order valence-electron chi connectivity index (χ2n) is 7.73. The Morgan fingerprint density at radius 2 is 1.89 bits per heavy atom. The van der Waals surface area contributed by atoms with Crippen LogP contribution in [0.3, 0.4) is 0 Å². The van der Waals surface area contributed by atoms with Crippen LogP contribution >= 0.6 is 0 Å². The molecule has 0 unspecified atom stereocenters. The van der Waals surface area contributed by atoms with Crippen LogP contribution in [0, 0.1) is 10.1 Å². The molecule has 2 rings (SSSR count). The number of ether oxygens (including phenoxy) is 2. The first-order chi connectivity index (χ1) is 12.7. The van der Waals surface area contributed by atoms with Gasteiger partial charge in [0.25, 0.3) is 5.69 Å². The zero-order chi connectivity index (χ0) is 20.2.